The molecule has 1 aromatic heterocycles. The van der Waals surface area contributed by atoms with Crippen molar-refractivity contribution in [1.29, 1.82) is 0 Å². The first-order valence-corrected chi connectivity index (χ1v) is 9.16. The number of aromatic nitrogens is 1. The summed E-state index contributed by atoms with van der Waals surface area (Å²) in [6.45, 7) is 4.73. The van der Waals surface area contributed by atoms with Crippen molar-refractivity contribution in [2.75, 3.05) is 26.1 Å². The van der Waals surface area contributed by atoms with Crippen LogP contribution in [0.25, 0.3) is 22.0 Å². The number of anilines is 1. The van der Waals surface area contributed by atoms with Crippen LogP contribution in [-0.2, 0) is 0 Å². The van der Waals surface area contributed by atoms with E-state index < -0.39 is 0 Å². The van der Waals surface area contributed by atoms with Gasteiger partial charge in [0.25, 0.3) is 0 Å². The third-order valence-electron chi connectivity index (χ3n) is 4.30. The van der Waals surface area contributed by atoms with Gasteiger partial charge in [-0.25, -0.2) is 4.79 Å². The fourth-order valence-corrected chi connectivity index (χ4v) is 2.80. The lowest BCUT2D eigenvalue weighted by Crippen LogP contribution is -2.31. The van der Waals surface area contributed by atoms with Gasteiger partial charge in [0, 0.05) is 35.4 Å². The number of carbonyl (C=O) groups is 1. The highest BCUT2D eigenvalue weighted by atomic mass is 16.5. The Bertz CT molecular complexity index is 964. The monoisotopic (exact) mass is 379 g/mol. The summed E-state index contributed by atoms with van der Waals surface area (Å²) >= 11 is 0. The molecular weight excluding hydrogens is 354 g/mol. The van der Waals surface area contributed by atoms with Crippen LogP contribution in [0.3, 0.4) is 0 Å². The number of ether oxygens (including phenoxy) is 2. The molecule has 0 aliphatic heterocycles. The lowest BCUT2D eigenvalue weighted by molar-refractivity contribution is 0.251. The van der Waals surface area contributed by atoms with E-state index in [1.807, 2.05) is 36.4 Å². The van der Waals surface area contributed by atoms with Crippen LogP contribution in [-0.4, -0.2) is 31.8 Å². The second-order valence-electron chi connectivity index (χ2n) is 6.96. The lowest BCUT2D eigenvalue weighted by atomic mass is 10.0. The number of nitrogens with zero attached hydrogens (tertiary/aromatic N) is 1. The Balaban J connectivity index is 1.84. The zero-order chi connectivity index (χ0) is 20.1. The quantitative estimate of drug-likeness (QED) is 0.651. The number of benzene rings is 2. The van der Waals surface area contributed by atoms with E-state index in [0.717, 1.165) is 33.5 Å². The topological polar surface area (TPSA) is 72.5 Å². The normalized spacial score (nSPS) is 10.8. The Morgan fingerprint density at radius 3 is 2.36 bits per heavy atom. The zero-order valence-corrected chi connectivity index (χ0v) is 16.6. The zero-order valence-electron chi connectivity index (χ0n) is 16.6. The number of rotatable bonds is 6. The Hall–Kier alpha value is -3.28. The van der Waals surface area contributed by atoms with Gasteiger partial charge in [-0.2, -0.15) is 0 Å². The van der Waals surface area contributed by atoms with Crippen molar-refractivity contribution in [3.63, 3.8) is 0 Å². The van der Waals surface area contributed by atoms with Crippen molar-refractivity contribution in [2.24, 2.45) is 5.92 Å². The first kappa shape index (κ1) is 19.5. The smallest absolute Gasteiger partial charge is 0.319 e. The number of carbonyl (C=O) groups excluding carboxylic acids is 1. The van der Waals surface area contributed by atoms with E-state index in [9.17, 15) is 4.79 Å². The van der Waals surface area contributed by atoms with E-state index in [1.54, 1.807) is 20.4 Å². The van der Waals surface area contributed by atoms with E-state index >= 15 is 0 Å². The first-order valence-electron chi connectivity index (χ1n) is 9.16. The third-order valence-corrected chi connectivity index (χ3v) is 4.30. The Morgan fingerprint density at radius 1 is 1.00 bits per heavy atom. The average molecular weight is 379 g/mol. The molecule has 1 heterocycles. The summed E-state index contributed by atoms with van der Waals surface area (Å²) < 4.78 is 10.7. The number of fused-ring (bicyclic) bond motifs is 1. The molecule has 3 rings (SSSR count). The van der Waals surface area contributed by atoms with E-state index in [4.69, 9.17) is 9.47 Å². The van der Waals surface area contributed by atoms with Crippen LogP contribution in [0.2, 0.25) is 0 Å². The van der Waals surface area contributed by atoms with Gasteiger partial charge in [-0.15, -0.1) is 0 Å². The highest BCUT2D eigenvalue weighted by molar-refractivity contribution is 5.93. The van der Waals surface area contributed by atoms with Crippen molar-refractivity contribution in [1.82, 2.24) is 10.3 Å². The molecule has 0 aliphatic rings. The molecule has 0 atom stereocenters. The summed E-state index contributed by atoms with van der Waals surface area (Å²) in [5, 5.41) is 6.66. The molecule has 0 bridgehead atoms. The van der Waals surface area contributed by atoms with Gasteiger partial charge < -0.3 is 20.1 Å². The molecule has 2 amide bonds. The Kier molecular flexibility index (Phi) is 5.99. The van der Waals surface area contributed by atoms with E-state index in [2.05, 4.69) is 35.5 Å². The van der Waals surface area contributed by atoms with Crippen LogP contribution < -0.4 is 20.1 Å². The molecule has 0 saturated carbocycles. The molecule has 0 unspecified atom stereocenters. The van der Waals surface area contributed by atoms with Gasteiger partial charge in [-0.3, -0.25) is 4.98 Å². The predicted molar refractivity (Wildman–Crippen MR) is 112 cm³/mol. The lowest BCUT2D eigenvalue weighted by Gasteiger charge is -2.11. The molecule has 6 heteroatoms. The van der Waals surface area contributed by atoms with Gasteiger partial charge in [0.2, 0.25) is 0 Å². The first-order chi connectivity index (χ1) is 13.5. The molecule has 2 N–H and O–H groups in total. The minimum absolute atomic E-state index is 0.215. The highest BCUT2D eigenvalue weighted by Gasteiger charge is 2.08. The number of pyridine rings is 1. The molecule has 28 heavy (non-hydrogen) atoms. The van der Waals surface area contributed by atoms with Gasteiger partial charge in [0.15, 0.2) is 0 Å². The molecule has 6 nitrogen and oxygen atoms in total. The molecular formula is C22H25N3O3. The predicted octanol–water partition coefficient (Wildman–Crippen LogP) is 4.70. The van der Waals surface area contributed by atoms with Crippen LogP contribution in [0.4, 0.5) is 10.5 Å². The number of hydrogen-bond donors (Lipinski definition) is 2. The second kappa shape index (κ2) is 8.61. The fourth-order valence-electron chi connectivity index (χ4n) is 2.80. The van der Waals surface area contributed by atoms with Gasteiger partial charge in [0.1, 0.15) is 11.5 Å². The molecule has 0 radical (unpaired) electrons. The van der Waals surface area contributed by atoms with Gasteiger partial charge in [-0.05, 0) is 41.8 Å². The highest BCUT2D eigenvalue weighted by Crippen LogP contribution is 2.31. The number of hydrogen-bond acceptors (Lipinski definition) is 4. The van der Waals surface area contributed by atoms with Crippen molar-refractivity contribution in [3.8, 4) is 22.6 Å². The van der Waals surface area contributed by atoms with Gasteiger partial charge >= 0.3 is 6.03 Å². The number of urea groups is 1. The van der Waals surface area contributed by atoms with E-state index in [-0.39, 0.29) is 6.03 Å². The molecule has 3 aromatic rings. The summed E-state index contributed by atoms with van der Waals surface area (Å²) in [6, 6.07) is 13.2. The molecule has 2 aromatic carbocycles. The van der Waals surface area contributed by atoms with Crippen molar-refractivity contribution >= 4 is 22.6 Å². The third kappa shape index (κ3) is 4.71. The Morgan fingerprint density at radius 2 is 1.71 bits per heavy atom. The molecule has 146 valence electrons. The summed E-state index contributed by atoms with van der Waals surface area (Å²) in [5.41, 5.74) is 3.43. The summed E-state index contributed by atoms with van der Waals surface area (Å²) in [7, 11) is 3.26. The Labute approximate surface area is 164 Å². The van der Waals surface area contributed by atoms with Gasteiger partial charge in [0.05, 0.1) is 19.7 Å². The fraction of sp³-hybridized carbons (Fsp3) is 0.273. The summed E-state index contributed by atoms with van der Waals surface area (Å²) in [4.78, 5) is 16.5. The molecule has 0 aliphatic carbocycles. The molecule has 0 fully saturated rings. The van der Waals surface area contributed by atoms with Crippen molar-refractivity contribution in [2.45, 2.75) is 13.8 Å². The molecule has 0 spiro atoms. The maximum absolute atomic E-state index is 11.9. The van der Waals surface area contributed by atoms with E-state index in [0.29, 0.717) is 18.2 Å². The maximum Gasteiger partial charge on any atom is 0.319 e. The van der Waals surface area contributed by atoms with Crippen molar-refractivity contribution in [3.05, 3.63) is 48.7 Å². The van der Waals surface area contributed by atoms with E-state index in [1.165, 1.54) is 0 Å². The summed E-state index contributed by atoms with van der Waals surface area (Å²) in [5.74, 6) is 1.85. The second-order valence-corrected chi connectivity index (χ2v) is 6.96. The minimum Gasteiger partial charge on any atom is -0.497 e. The SMILES string of the molecule is COc1cc(OC)cc(-c2cnc3cc(NC(=O)NCC(C)C)ccc3c2)c1. The standard InChI is InChI=1S/C22H25N3O3/c1-14(2)12-24-22(26)25-18-6-5-15-7-17(13-23-21(15)10-18)16-8-19(27-3)11-20(9-16)28-4/h5-11,13-14H,12H2,1-4H3,(H2,24,25,26). The van der Waals surface area contributed by atoms with Crippen LogP contribution in [0.15, 0.2) is 48.7 Å². The van der Waals surface area contributed by atoms with Crippen molar-refractivity contribution < 1.29 is 14.3 Å². The van der Waals surface area contributed by atoms with Crippen LogP contribution in [0, 0.1) is 5.92 Å². The number of amides is 2. The largest absolute Gasteiger partial charge is 0.497 e. The van der Waals surface area contributed by atoms with Gasteiger partial charge in [-0.1, -0.05) is 19.9 Å². The van der Waals surface area contributed by atoms with Crippen LogP contribution >= 0.6 is 0 Å². The minimum atomic E-state index is -0.215. The number of nitrogens with one attached hydrogen (secondary N) is 2. The maximum atomic E-state index is 11.9. The van der Waals surface area contributed by atoms with Crippen LogP contribution in [0.5, 0.6) is 11.5 Å². The van der Waals surface area contributed by atoms with Crippen LogP contribution in [0.1, 0.15) is 13.8 Å². The average Bonchev–Trinajstić information content (AvgIpc) is 2.71. The summed E-state index contributed by atoms with van der Waals surface area (Å²) in [6.07, 6.45) is 1.80. The number of methoxy groups -OCH3 is 2. The molecule has 0 saturated heterocycles.